The number of aliphatic hydroxyl groups excluding tert-OH is 1. The summed E-state index contributed by atoms with van der Waals surface area (Å²) in [5.74, 6) is 0.420. The zero-order valence-corrected chi connectivity index (χ0v) is 15.1. The number of esters is 1. The van der Waals surface area contributed by atoms with Crippen LogP contribution in [0.15, 0.2) is 12.2 Å². The van der Waals surface area contributed by atoms with Crippen molar-refractivity contribution in [1.29, 1.82) is 0 Å². The molecule has 0 radical (unpaired) electrons. The molecule has 3 nitrogen and oxygen atoms in total. The van der Waals surface area contributed by atoms with E-state index in [2.05, 4.69) is 19.9 Å². The van der Waals surface area contributed by atoms with Crippen molar-refractivity contribution in [2.75, 3.05) is 0 Å². The van der Waals surface area contributed by atoms with Gasteiger partial charge in [-0.15, -0.1) is 0 Å². The van der Waals surface area contributed by atoms with Gasteiger partial charge in [-0.2, -0.15) is 0 Å². The summed E-state index contributed by atoms with van der Waals surface area (Å²) >= 11 is 0. The molecule has 1 saturated carbocycles. The summed E-state index contributed by atoms with van der Waals surface area (Å²) in [5.41, 5.74) is 0. The van der Waals surface area contributed by atoms with E-state index in [-0.39, 0.29) is 18.2 Å². The lowest BCUT2D eigenvalue weighted by Gasteiger charge is -2.12. The van der Waals surface area contributed by atoms with Crippen molar-refractivity contribution in [2.24, 2.45) is 5.92 Å². The maximum absolute atomic E-state index is 11.8. The van der Waals surface area contributed by atoms with E-state index in [9.17, 15) is 9.90 Å². The number of unbranched alkanes of at least 4 members (excludes halogenated alkanes) is 5. The second-order valence-corrected chi connectivity index (χ2v) is 6.94. The topological polar surface area (TPSA) is 46.5 Å². The highest BCUT2D eigenvalue weighted by atomic mass is 16.5. The van der Waals surface area contributed by atoms with Crippen molar-refractivity contribution < 1.29 is 14.6 Å². The van der Waals surface area contributed by atoms with Crippen molar-refractivity contribution in [3.05, 3.63) is 12.2 Å². The Morgan fingerprint density at radius 1 is 1.13 bits per heavy atom. The molecule has 1 N–H and O–H groups in total. The van der Waals surface area contributed by atoms with E-state index in [0.29, 0.717) is 12.3 Å². The average Bonchev–Trinajstić information content (AvgIpc) is 2.97. The van der Waals surface area contributed by atoms with Gasteiger partial charge in [0.15, 0.2) is 0 Å². The molecule has 1 aliphatic rings. The Hall–Kier alpha value is -0.830. The molecule has 1 fully saturated rings. The number of ether oxygens (including phenoxy) is 1. The van der Waals surface area contributed by atoms with Gasteiger partial charge in [0.2, 0.25) is 0 Å². The minimum Gasteiger partial charge on any atom is -0.462 e. The van der Waals surface area contributed by atoms with Crippen LogP contribution in [0.3, 0.4) is 0 Å². The van der Waals surface area contributed by atoms with E-state index in [0.717, 1.165) is 44.9 Å². The fourth-order valence-electron chi connectivity index (χ4n) is 3.18. The first-order valence-electron chi connectivity index (χ1n) is 9.71. The normalized spacial score (nSPS) is 22.6. The number of aliphatic hydroxyl groups is 1. The lowest BCUT2D eigenvalue weighted by molar-refractivity contribution is -0.148. The molecule has 0 aliphatic heterocycles. The Balaban J connectivity index is 2.15. The molecule has 0 spiro atoms. The third-order valence-electron chi connectivity index (χ3n) is 4.67. The van der Waals surface area contributed by atoms with Crippen LogP contribution in [0, 0.1) is 5.92 Å². The summed E-state index contributed by atoms with van der Waals surface area (Å²) in [6, 6.07) is 0. The monoisotopic (exact) mass is 324 g/mol. The highest BCUT2D eigenvalue weighted by molar-refractivity contribution is 5.69. The van der Waals surface area contributed by atoms with E-state index in [1.54, 1.807) is 0 Å². The van der Waals surface area contributed by atoms with Crippen molar-refractivity contribution in [2.45, 2.75) is 103 Å². The second kappa shape index (κ2) is 12.6. The standard InChI is InChI=1S/C20H36O3/c1-3-5-7-9-11-20(22)23-19-15-13-17(16-19)12-14-18(21)10-8-6-4-2/h12,14,17-19,21H,3-11,13,15-16H2,1-2H3/t17?,18-,19?/m1/s1. The molecule has 3 heteroatoms. The number of carbonyl (C=O) groups is 1. The van der Waals surface area contributed by atoms with Gasteiger partial charge in [0.25, 0.3) is 0 Å². The van der Waals surface area contributed by atoms with Gasteiger partial charge in [-0.05, 0) is 38.0 Å². The molecule has 3 atom stereocenters. The number of hydrogen-bond acceptors (Lipinski definition) is 3. The Bertz CT molecular complexity index is 338. The molecule has 0 saturated heterocycles. The van der Waals surface area contributed by atoms with Gasteiger partial charge in [0.05, 0.1) is 6.10 Å². The van der Waals surface area contributed by atoms with Crippen LogP contribution in [0.2, 0.25) is 0 Å². The number of rotatable bonds is 12. The minimum absolute atomic E-state index is 0.0321. The van der Waals surface area contributed by atoms with E-state index < -0.39 is 0 Å². The number of hydrogen-bond donors (Lipinski definition) is 1. The van der Waals surface area contributed by atoms with Gasteiger partial charge in [-0.25, -0.2) is 0 Å². The Labute approximate surface area is 142 Å². The molecule has 0 heterocycles. The highest BCUT2D eigenvalue weighted by Crippen LogP contribution is 2.29. The van der Waals surface area contributed by atoms with Gasteiger partial charge in [-0.3, -0.25) is 4.79 Å². The molecule has 1 aliphatic carbocycles. The molecule has 23 heavy (non-hydrogen) atoms. The fourth-order valence-corrected chi connectivity index (χ4v) is 3.18. The molecule has 0 aromatic carbocycles. The van der Waals surface area contributed by atoms with Gasteiger partial charge in [-0.1, -0.05) is 64.5 Å². The molecule has 2 unspecified atom stereocenters. The van der Waals surface area contributed by atoms with Crippen LogP contribution in [0.25, 0.3) is 0 Å². The Morgan fingerprint density at radius 2 is 1.87 bits per heavy atom. The predicted molar refractivity (Wildman–Crippen MR) is 95.3 cm³/mol. The average molecular weight is 325 g/mol. The maximum atomic E-state index is 11.8. The molecular weight excluding hydrogens is 288 g/mol. The number of allylic oxidation sites excluding steroid dienone is 1. The van der Waals surface area contributed by atoms with Crippen LogP contribution in [-0.2, 0) is 9.53 Å². The van der Waals surface area contributed by atoms with Crippen molar-refractivity contribution in [1.82, 2.24) is 0 Å². The summed E-state index contributed by atoms with van der Waals surface area (Å²) < 4.78 is 5.57. The van der Waals surface area contributed by atoms with Crippen LogP contribution in [-0.4, -0.2) is 23.3 Å². The van der Waals surface area contributed by atoms with Crippen molar-refractivity contribution >= 4 is 5.97 Å². The van der Waals surface area contributed by atoms with Crippen LogP contribution in [0.5, 0.6) is 0 Å². The maximum Gasteiger partial charge on any atom is 0.306 e. The lowest BCUT2D eigenvalue weighted by atomic mass is 10.0. The Kier molecular flexibility index (Phi) is 11.1. The smallest absolute Gasteiger partial charge is 0.306 e. The summed E-state index contributed by atoms with van der Waals surface area (Å²) in [5, 5.41) is 9.92. The highest BCUT2D eigenvalue weighted by Gasteiger charge is 2.25. The third kappa shape index (κ3) is 9.80. The van der Waals surface area contributed by atoms with Gasteiger partial charge in [0, 0.05) is 6.42 Å². The fraction of sp³-hybridized carbons (Fsp3) is 0.850. The molecule has 0 aromatic heterocycles. The molecule has 134 valence electrons. The second-order valence-electron chi connectivity index (χ2n) is 6.94. The lowest BCUT2D eigenvalue weighted by Crippen LogP contribution is -2.15. The zero-order valence-electron chi connectivity index (χ0n) is 15.1. The molecule has 0 amide bonds. The van der Waals surface area contributed by atoms with Crippen LogP contribution in [0.4, 0.5) is 0 Å². The van der Waals surface area contributed by atoms with Crippen LogP contribution >= 0.6 is 0 Å². The van der Waals surface area contributed by atoms with Gasteiger partial charge in [0.1, 0.15) is 6.10 Å². The van der Waals surface area contributed by atoms with Gasteiger partial charge >= 0.3 is 5.97 Å². The summed E-state index contributed by atoms with van der Waals surface area (Å²) in [6.45, 7) is 4.34. The molecular formula is C20H36O3. The zero-order chi connectivity index (χ0) is 16.9. The summed E-state index contributed by atoms with van der Waals surface area (Å²) in [6.07, 6.45) is 16.1. The first kappa shape index (κ1) is 20.2. The first-order chi connectivity index (χ1) is 11.2. The molecule has 0 aromatic rings. The first-order valence-corrected chi connectivity index (χ1v) is 9.71. The Morgan fingerprint density at radius 3 is 2.61 bits per heavy atom. The quantitative estimate of drug-likeness (QED) is 0.306. The van der Waals surface area contributed by atoms with Crippen LogP contribution in [0.1, 0.15) is 90.9 Å². The van der Waals surface area contributed by atoms with E-state index in [1.807, 2.05) is 6.08 Å². The largest absolute Gasteiger partial charge is 0.462 e. The van der Waals surface area contributed by atoms with Gasteiger partial charge < -0.3 is 9.84 Å². The van der Waals surface area contributed by atoms with Crippen molar-refractivity contribution in [3.8, 4) is 0 Å². The van der Waals surface area contributed by atoms with E-state index in [1.165, 1.54) is 25.7 Å². The predicted octanol–water partition coefficient (Wildman–Crippen LogP) is 5.17. The molecule has 1 rings (SSSR count). The third-order valence-corrected chi connectivity index (χ3v) is 4.67. The molecule has 0 bridgehead atoms. The minimum atomic E-state index is -0.318. The van der Waals surface area contributed by atoms with E-state index >= 15 is 0 Å². The van der Waals surface area contributed by atoms with E-state index in [4.69, 9.17) is 4.74 Å². The SMILES string of the molecule is CCCCCCC(=O)OC1CCC(C=C[C@H](O)CCCCC)C1. The van der Waals surface area contributed by atoms with Crippen LogP contribution < -0.4 is 0 Å². The van der Waals surface area contributed by atoms with Crippen molar-refractivity contribution in [3.63, 3.8) is 0 Å². The number of carbonyl (C=O) groups excluding carboxylic acids is 1. The summed E-state index contributed by atoms with van der Waals surface area (Å²) in [4.78, 5) is 11.8. The summed E-state index contributed by atoms with van der Waals surface area (Å²) in [7, 11) is 0.